The predicted molar refractivity (Wildman–Crippen MR) is 140 cm³/mol. The van der Waals surface area contributed by atoms with Gasteiger partial charge < -0.3 is 44.7 Å². The van der Waals surface area contributed by atoms with E-state index >= 15 is 0 Å². The van der Waals surface area contributed by atoms with Gasteiger partial charge in [0.15, 0.2) is 12.6 Å². The third-order valence-electron chi connectivity index (χ3n) is 5.46. The summed E-state index contributed by atoms with van der Waals surface area (Å²) in [5.41, 5.74) is 0.529. The molecule has 2 unspecified atom stereocenters. The molecule has 1 aromatic rings. The minimum Gasteiger partial charge on any atom is -0.444 e. The summed E-state index contributed by atoms with van der Waals surface area (Å²) < 4.78 is 26.2. The second-order valence-electron chi connectivity index (χ2n) is 9.50. The van der Waals surface area contributed by atoms with E-state index in [9.17, 15) is 19.5 Å². The summed E-state index contributed by atoms with van der Waals surface area (Å²) >= 11 is 0. The lowest BCUT2D eigenvalue weighted by atomic mass is 10.1. The number of hydrogen-bond donors (Lipinski definition) is 4. The monoisotopic (exact) mass is 541 g/mol. The van der Waals surface area contributed by atoms with E-state index in [2.05, 4.69) is 16.0 Å². The number of para-hydroxylation sites is 1. The molecule has 216 valence electrons. The standard InChI is InChI=1S/C26H43N3O9/c1-26(2,3)38-25(33)29-20(14-15-30)24(32)28-19(12-13-21(34-4)35-5)23(31)27-18-11-9-8-10-17(18)16-22(36-6)37-7/h8-11,19-22,30H,12-16H2,1-7H3,(H,27,31)(H,28,32)(H,29,33). The van der Waals surface area contributed by atoms with E-state index in [1.807, 2.05) is 12.1 Å². The molecule has 0 saturated carbocycles. The van der Waals surface area contributed by atoms with Crippen LogP contribution in [0.2, 0.25) is 0 Å². The molecule has 0 bridgehead atoms. The van der Waals surface area contributed by atoms with E-state index in [0.29, 0.717) is 18.5 Å². The van der Waals surface area contributed by atoms with E-state index in [1.165, 1.54) is 28.4 Å². The van der Waals surface area contributed by atoms with Crippen LogP contribution in [0.15, 0.2) is 24.3 Å². The molecule has 0 aliphatic heterocycles. The van der Waals surface area contributed by atoms with Gasteiger partial charge in [-0.25, -0.2) is 4.79 Å². The van der Waals surface area contributed by atoms with Gasteiger partial charge in [-0.15, -0.1) is 0 Å². The molecular formula is C26H43N3O9. The number of methoxy groups -OCH3 is 4. The number of ether oxygens (including phenoxy) is 5. The molecule has 0 heterocycles. The maximum atomic E-state index is 13.4. The average Bonchev–Trinajstić information content (AvgIpc) is 2.86. The van der Waals surface area contributed by atoms with Gasteiger partial charge in [0.2, 0.25) is 11.8 Å². The highest BCUT2D eigenvalue weighted by Gasteiger charge is 2.29. The summed E-state index contributed by atoms with van der Waals surface area (Å²) in [5.74, 6) is -1.13. The molecule has 3 amide bonds. The van der Waals surface area contributed by atoms with Crippen LogP contribution in [0.3, 0.4) is 0 Å². The van der Waals surface area contributed by atoms with Crippen molar-refractivity contribution in [1.82, 2.24) is 10.6 Å². The molecule has 0 saturated heterocycles. The summed E-state index contributed by atoms with van der Waals surface area (Å²) in [7, 11) is 6.00. The van der Waals surface area contributed by atoms with E-state index in [0.717, 1.165) is 5.56 Å². The predicted octanol–water partition coefficient (Wildman–Crippen LogP) is 1.95. The maximum Gasteiger partial charge on any atom is 0.408 e. The number of alkyl carbamates (subject to hydrolysis) is 1. The molecule has 4 N–H and O–H groups in total. The largest absolute Gasteiger partial charge is 0.444 e. The van der Waals surface area contributed by atoms with Crippen molar-refractivity contribution >= 4 is 23.6 Å². The Labute approximate surface area is 224 Å². The molecule has 12 nitrogen and oxygen atoms in total. The van der Waals surface area contributed by atoms with E-state index in [4.69, 9.17) is 23.7 Å². The Morgan fingerprint density at radius 1 is 0.816 bits per heavy atom. The van der Waals surface area contributed by atoms with Crippen molar-refractivity contribution in [3.8, 4) is 0 Å². The molecule has 0 aliphatic carbocycles. The number of carbonyl (C=O) groups excluding carboxylic acids is 3. The zero-order valence-electron chi connectivity index (χ0n) is 23.4. The Hall–Kier alpha value is -2.77. The summed E-state index contributed by atoms with van der Waals surface area (Å²) in [6, 6.07) is 5.04. The van der Waals surface area contributed by atoms with Gasteiger partial charge in [-0.05, 0) is 45.2 Å². The second kappa shape index (κ2) is 16.9. The molecule has 12 heteroatoms. The van der Waals surface area contributed by atoms with Crippen LogP contribution in [0.1, 0.15) is 45.6 Å². The molecular weight excluding hydrogens is 498 g/mol. The van der Waals surface area contributed by atoms with Crippen molar-refractivity contribution in [2.45, 2.75) is 76.7 Å². The van der Waals surface area contributed by atoms with Gasteiger partial charge in [-0.2, -0.15) is 0 Å². The normalized spacial score (nSPS) is 13.2. The van der Waals surface area contributed by atoms with E-state index in [-0.39, 0.29) is 19.4 Å². The highest BCUT2D eigenvalue weighted by atomic mass is 16.7. The quantitative estimate of drug-likeness (QED) is 0.230. The first kappa shape index (κ1) is 33.3. The zero-order chi connectivity index (χ0) is 28.7. The number of hydrogen-bond acceptors (Lipinski definition) is 9. The third-order valence-corrected chi connectivity index (χ3v) is 5.46. The van der Waals surface area contributed by atoms with Crippen molar-refractivity contribution < 1.29 is 43.2 Å². The highest BCUT2D eigenvalue weighted by molar-refractivity contribution is 5.98. The van der Waals surface area contributed by atoms with E-state index < -0.39 is 48.2 Å². The molecule has 0 radical (unpaired) electrons. The van der Waals surface area contributed by atoms with Crippen LogP contribution in [-0.4, -0.2) is 88.3 Å². The summed E-state index contributed by atoms with van der Waals surface area (Å²) in [6.45, 7) is 4.70. The van der Waals surface area contributed by atoms with Gasteiger partial charge in [0, 0.05) is 53.6 Å². The first-order valence-electron chi connectivity index (χ1n) is 12.4. The van der Waals surface area contributed by atoms with Crippen molar-refractivity contribution in [3.63, 3.8) is 0 Å². The number of rotatable bonds is 16. The van der Waals surface area contributed by atoms with Crippen LogP contribution in [-0.2, 0) is 39.7 Å². The molecule has 0 aliphatic rings. The van der Waals surface area contributed by atoms with Crippen LogP contribution < -0.4 is 16.0 Å². The van der Waals surface area contributed by atoms with Crippen LogP contribution in [0.25, 0.3) is 0 Å². The van der Waals surface area contributed by atoms with Gasteiger partial charge in [-0.3, -0.25) is 9.59 Å². The van der Waals surface area contributed by atoms with Crippen LogP contribution in [0, 0.1) is 0 Å². The molecule has 38 heavy (non-hydrogen) atoms. The number of aliphatic hydroxyl groups is 1. The Kier molecular flexibility index (Phi) is 14.8. The molecule has 1 rings (SSSR count). The number of carbonyl (C=O) groups is 3. The molecule has 0 fully saturated rings. The van der Waals surface area contributed by atoms with E-state index in [1.54, 1.807) is 32.9 Å². The second-order valence-corrected chi connectivity index (χ2v) is 9.50. The van der Waals surface area contributed by atoms with Crippen molar-refractivity contribution in [1.29, 1.82) is 0 Å². The fourth-order valence-corrected chi connectivity index (χ4v) is 3.51. The smallest absolute Gasteiger partial charge is 0.408 e. The molecule has 1 aromatic carbocycles. The van der Waals surface area contributed by atoms with Crippen molar-refractivity contribution in [2.75, 3.05) is 40.4 Å². The van der Waals surface area contributed by atoms with Crippen molar-refractivity contribution in [2.24, 2.45) is 0 Å². The molecule has 0 aromatic heterocycles. The van der Waals surface area contributed by atoms with Gasteiger partial charge in [0.05, 0.1) is 0 Å². The first-order chi connectivity index (χ1) is 18.0. The summed E-state index contributed by atoms with van der Waals surface area (Å²) in [4.78, 5) is 38.7. The fraction of sp³-hybridized carbons (Fsp3) is 0.654. The minimum absolute atomic E-state index is 0.0730. The molecule has 0 spiro atoms. The van der Waals surface area contributed by atoms with Crippen LogP contribution in [0.4, 0.5) is 10.5 Å². The van der Waals surface area contributed by atoms with Gasteiger partial charge in [-0.1, -0.05) is 18.2 Å². The Bertz CT molecular complexity index is 868. The lowest BCUT2D eigenvalue weighted by Gasteiger charge is -2.26. The summed E-state index contributed by atoms with van der Waals surface area (Å²) in [6.07, 6.45) is -1.14. The number of benzene rings is 1. The van der Waals surface area contributed by atoms with Crippen LogP contribution >= 0.6 is 0 Å². The van der Waals surface area contributed by atoms with Gasteiger partial charge in [0.25, 0.3) is 0 Å². The third kappa shape index (κ3) is 12.2. The Balaban J connectivity index is 3.10. The average molecular weight is 542 g/mol. The lowest BCUT2D eigenvalue weighted by molar-refractivity contribution is -0.130. The fourth-order valence-electron chi connectivity index (χ4n) is 3.51. The minimum atomic E-state index is -1.12. The lowest BCUT2D eigenvalue weighted by Crippen LogP contribution is -2.53. The highest BCUT2D eigenvalue weighted by Crippen LogP contribution is 2.19. The number of nitrogens with one attached hydrogen (secondary N) is 3. The number of aliphatic hydroxyl groups excluding tert-OH is 1. The number of amides is 3. The SMILES string of the molecule is COC(CCC(NC(=O)C(CCO)NC(=O)OC(C)(C)C)C(=O)Nc1ccccc1CC(OC)OC)OC. The van der Waals surface area contributed by atoms with Crippen molar-refractivity contribution in [3.05, 3.63) is 29.8 Å². The van der Waals surface area contributed by atoms with Gasteiger partial charge >= 0.3 is 6.09 Å². The maximum absolute atomic E-state index is 13.4. The number of anilines is 1. The molecule has 2 atom stereocenters. The van der Waals surface area contributed by atoms with Crippen LogP contribution in [0.5, 0.6) is 0 Å². The zero-order valence-corrected chi connectivity index (χ0v) is 23.4. The Morgan fingerprint density at radius 3 is 1.95 bits per heavy atom. The Morgan fingerprint density at radius 2 is 1.39 bits per heavy atom. The first-order valence-corrected chi connectivity index (χ1v) is 12.4. The topological polar surface area (TPSA) is 154 Å². The summed E-state index contributed by atoms with van der Waals surface area (Å²) in [5, 5.41) is 17.5. The van der Waals surface area contributed by atoms with Gasteiger partial charge in [0.1, 0.15) is 17.7 Å².